The molecule has 0 bridgehead atoms. The fraction of sp³-hybridized carbons (Fsp3) is 0.588. The Morgan fingerprint density at radius 1 is 1.13 bits per heavy atom. The second-order valence-electron chi connectivity index (χ2n) is 6.50. The minimum atomic E-state index is -0.830. The Balaban J connectivity index is 1.70. The van der Waals surface area contributed by atoms with Gasteiger partial charge in [0.1, 0.15) is 24.4 Å². The average molecular weight is 322 g/mol. The van der Waals surface area contributed by atoms with Gasteiger partial charge in [-0.25, -0.2) is 4.79 Å². The van der Waals surface area contributed by atoms with Crippen LogP contribution in [0.4, 0.5) is 0 Å². The van der Waals surface area contributed by atoms with Gasteiger partial charge in [-0.3, -0.25) is 0 Å². The van der Waals surface area contributed by atoms with Gasteiger partial charge in [0, 0.05) is 7.11 Å². The summed E-state index contributed by atoms with van der Waals surface area (Å²) in [7, 11) is 1.55. The molecule has 0 aromatic heterocycles. The van der Waals surface area contributed by atoms with Crippen LogP contribution in [0.3, 0.4) is 0 Å². The van der Waals surface area contributed by atoms with Gasteiger partial charge in [-0.05, 0) is 32.9 Å². The van der Waals surface area contributed by atoms with Crippen molar-refractivity contribution in [3.8, 4) is 0 Å². The summed E-state index contributed by atoms with van der Waals surface area (Å²) in [6.07, 6.45) is -1.27. The van der Waals surface area contributed by atoms with Crippen LogP contribution in [0.5, 0.6) is 0 Å². The van der Waals surface area contributed by atoms with Crippen molar-refractivity contribution in [2.75, 3.05) is 13.7 Å². The van der Waals surface area contributed by atoms with Gasteiger partial charge in [-0.15, -0.1) is 0 Å². The fourth-order valence-corrected chi connectivity index (χ4v) is 3.02. The zero-order valence-electron chi connectivity index (χ0n) is 13.8. The second kappa shape index (κ2) is 5.87. The summed E-state index contributed by atoms with van der Waals surface area (Å²) < 4.78 is 28.5. The van der Waals surface area contributed by atoms with Crippen LogP contribution in [-0.4, -0.2) is 49.6 Å². The van der Waals surface area contributed by atoms with E-state index in [-0.39, 0.29) is 18.8 Å². The first-order chi connectivity index (χ1) is 10.8. The van der Waals surface area contributed by atoms with Crippen LogP contribution >= 0.6 is 0 Å². The van der Waals surface area contributed by atoms with E-state index in [0.717, 1.165) is 0 Å². The van der Waals surface area contributed by atoms with Crippen molar-refractivity contribution < 1.29 is 28.5 Å². The molecule has 23 heavy (non-hydrogen) atoms. The first-order valence-electron chi connectivity index (χ1n) is 7.63. The van der Waals surface area contributed by atoms with Gasteiger partial charge in [0.15, 0.2) is 12.1 Å². The van der Waals surface area contributed by atoms with Crippen LogP contribution in [0.15, 0.2) is 30.3 Å². The normalized spacial score (nSPS) is 35.0. The maximum Gasteiger partial charge on any atom is 0.338 e. The van der Waals surface area contributed by atoms with Crippen LogP contribution < -0.4 is 0 Å². The highest BCUT2D eigenvalue weighted by Gasteiger charge is 2.61. The molecule has 0 saturated carbocycles. The molecular weight excluding hydrogens is 300 g/mol. The van der Waals surface area contributed by atoms with Gasteiger partial charge in [0.2, 0.25) is 0 Å². The number of rotatable bonds is 4. The summed E-state index contributed by atoms with van der Waals surface area (Å²) in [5.74, 6) is -1.12. The molecule has 2 aliphatic rings. The Morgan fingerprint density at radius 3 is 2.48 bits per heavy atom. The molecular formula is C17H22O6. The minimum absolute atomic E-state index is 0.0567. The van der Waals surface area contributed by atoms with E-state index < -0.39 is 23.6 Å². The summed E-state index contributed by atoms with van der Waals surface area (Å²) in [5.41, 5.74) is -0.332. The number of hydrogen-bond acceptors (Lipinski definition) is 6. The van der Waals surface area contributed by atoms with Crippen LogP contribution in [0.25, 0.3) is 0 Å². The van der Waals surface area contributed by atoms with Gasteiger partial charge < -0.3 is 23.7 Å². The summed E-state index contributed by atoms with van der Waals surface area (Å²) in [6.45, 7) is 5.58. The molecule has 126 valence electrons. The molecule has 0 radical (unpaired) electrons. The topological polar surface area (TPSA) is 63.2 Å². The number of methoxy groups -OCH3 is 1. The quantitative estimate of drug-likeness (QED) is 0.791. The number of fused-ring (bicyclic) bond motifs is 1. The Bertz CT molecular complexity index is 572. The van der Waals surface area contributed by atoms with Crippen molar-refractivity contribution in [2.45, 2.75) is 50.7 Å². The van der Waals surface area contributed by atoms with Gasteiger partial charge in [-0.1, -0.05) is 18.2 Å². The summed E-state index contributed by atoms with van der Waals surface area (Å²) in [4.78, 5) is 12.1. The zero-order chi connectivity index (χ0) is 16.7. The number of ether oxygens (including phenoxy) is 5. The first kappa shape index (κ1) is 16.4. The smallest absolute Gasteiger partial charge is 0.338 e. The Kier molecular flexibility index (Phi) is 4.18. The van der Waals surface area contributed by atoms with Crippen molar-refractivity contribution in [1.82, 2.24) is 0 Å². The third kappa shape index (κ3) is 3.12. The lowest BCUT2D eigenvalue weighted by Gasteiger charge is -2.30. The third-order valence-corrected chi connectivity index (χ3v) is 4.12. The van der Waals surface area contributed by atoms with Gasteiger partial charge in [-0.2, -0.15) is 0 Å². The van der Waals surface area contributed by atoms with Crippen molar-refractivity contribution in [3.63, 3.8) is 0 Å². The predicted molar refractivity (Wildman–Crippen MR) is 80.8 cm³/mol. The molecule has 0 amide bonds. The van der Waals surface area contributed by atoms with E-state index in [0.29, 0.717) is 5.56 Å². The molecule has 2 heterocycles. The molecule has 3 rings (SSSR count). The molecule has 0 unspecified atom stereocenters. The van der Waals surface area contributed by atoms with Gasteiger partial charge in [0.25, 0.3) is 0 Å². The number of esters is 1. The van der Waals surface area contributed by atoms with Gasteiger partial charge in [0.05, 0.1) is 5.56 Å². The number of carbonyl (C=O) groups is 1. The van der Waals surface area contributed by atoms with Crippen molar-refractivity contribution in [3.05, 3.63) is 35.9 Å². The third-order valence-electron chi connectivity index (χ3n) is 4.12. The average Bonchev–Trinajstić information content (AvgIpc) is 2.99. The number of hydrogen-bond donors (Lipinski definition) is 0. The monoisotopic (exact) mass is 322 g/mol. The van der Waals surface area contributed by atoms with Crippen LogP contribution in [0.1, 0.15) is 31.1 Å². The standard InChI is InChI=1S/C17H22O6/c1-16(2)21-12-13(22-16)17(3,23-15(12)19-4)10-20-14(18)11-8-6-5-7-9-11/h5-9,12-13,15H,10H2,1-4H3/t12-,13+,15-,17-/m1/s1. The Morgan fingerprint density at radius 2 is 1.83 bits per heavy atom. The molecule has 6 nitrogen and oxygen atoms in total. The lowest BCUT2D eigenvalue weighted by Crippen LogP contribution is -2.45. The SMILES string of the molecule is CO[C@@H]1O[C@](C)(COC(=O)c2ccccc2)[C@H]2OC(C)(C)O[C@@H]12. The van der Waals surface area contributed by atoms with E-state index in [4.69, 9.17) is 23.7 Å². The number of carbonyl (C=O) groups excluding carboxylic acids is 1. The lowest BCUT2D eigenvalue weighted by molar-refractivity contribution is -0.252. The molecule has 0 N–H and O–H groups in total. The zero-order valence-corrected chi connectivity index (χ0v) is 13.8. The van der Waals surface area contributed by atoms with Crippen LogP contribution in [-0.2, 0) is 23.7 Å². The van der Waals surface area contributed by atoms with E-state index >= 15 is 0 Å². The minimum Gasteiger partial charge on any atom is -0.459 e. The van der Waals surface area contributed by atoms with Crippen LogP contribution in [0.2, 0.25) is 0 Å². The van der Waals surface area contributed by atoms with Gasteiger partial charge >= 0.3 is 5.97 Å². The van der Waals surface area contributed by atoms with Crippen molar-refractivity contribution in [1.29, 1.82) is 0 Å². The molecule has 2 saturated heterocycles. The Hall–Kier alpha value is -1.47. The van der Waals surface area contributed by atoms with E-state index in [1.165, 1.54) is 0 Å². The lowest BCUT2D eigenvalue weighted by atomic mass is 9.99. The molecule has 1 aromatic rings. The van der Waals surface area contributed by atoms with E-state index in [1.54, 1.807) is 31.4 Å². The summed E-state index contributed by atoms with van der Waals surface area (Å²) in [5, 5.41) is 0. The van der Waals surface area contributed by atoms with E-state index in [2.05, 4.69) is 0 Å². The summed E-state index contributed by atoms with van der Waals surface area (Å²) in [6, 6.07) is 8.84. The highest BCUT2D eigenvalue weighted by atomic mass is 16.8. The fourth-order valence-electron chi connectivity index (χ4n) is 3.02. The maximum atomic E-state index is 12.1. The molecule has 0 spiro atoms. The highest BCUT2D eigenvalue weighted by molar-refractivity contribution is 5.89. The maximum absolute atomic E-state index is 12.1. The van der Waals surface area contributed by atoms with E-state index in [1.807, 2.05) is 26.8 Å². The first-order valence-corrected chi connectivity index (χ1v) is 7.63. The molecule has 6 heteroatoms. The molecule has 4 atom stereocenters. The second-order valence-corrected chi connectivity index (χ2v) is 6.50. The largest absolute Gasteiger partial charge is 0.459 e. The Labute approximate surface area is 135 Å². The van der Waals surface area contributed by atoms with Crippen molar-refractivity contribution >= 4 is 5.97 Å². The molecule has 1 aromatic carbocycles. The molecule has 2 fully saturated rings. The highest BCUT2D eigenvalue weighted by Crippen LogP contribution is 2.44. The molecule has 2 aliphatic heterocycles. The summed E-state index contributed by atoms with van der Waals surface area (Å²) >= 11 is 0. The molecule has 0 aliphatic carbocycles. The van der Waals surface area contributed by atoms with Crippen molar-refractivity contribution in [2.24, 2.45) is 0 Å². The predicted octanol–water partition coefficient (Wildman–Crippen LogP) is 2.12. The van der Waals surface area contributed by atoms with Crippen LogP contribution in [0, 0.1) is 0 Å². The number of benzene rings is 1. The van der Waals surface area contributed by atoms with E-state index in [9.17, 15) is 4.79 Å².